The van der Waals surface area contributed by atoms with Crippen molar-refractivity contribution in [1.29, 1.82) is 0 Å². The molecule has 3 fully saturated rings. The zero-order valence-electron chi connectivity index (χ0n) is 15.0. The fraction of sp³-hybridized carbons (Fsp3) is 0.714. The molecule has 6 atom stereocenters. The smallest absolute Gasteiger partial charge is 0.0543 e. The molecule has 2 spiro atoms. The third-order valence-electron chi connectivity index (χ3n) is 8.52. The highest BCUT2D eigenvalue weighted by molar-refractivity contribution is 5.70. The molecule has 2 aliphatic carbocycles. The van der Waals surface area contributed by atoms with Gasteiger partial charge in [-0.1, -0.05) is 45.4 Å². The molecule has 4 aliphatic rings. The maximum Gasteiger partial charge on any atom is 0.0543 e. The average molecular weight is 310 g/mol. The molecule has 124 valence electrons. The van der Waals surface area contributed by atoms with Gasteiger partial charge in [0.15, 0.2) is 0 Å². The van der Waals surface area contributed by atoms with Crippen LogP contribution in [0.4, 0.5) is 5.69 Å². The van der Waals surface area contributed by atoms with E-state index >= 15 is 0 Å². The first kappa shape index (κ1) is 14.3. The summed E-state index contributed by atoms with van der Waals surface area (Å²) in [7, 11) is 2.39. The number of nitrogens with one attached hydrogen (secondary N) is 1. The lowest BCUT2D eigenvalue weighted by Crippen LogP contribution is -2.60. The molecule has 1 saturated heterocycles. The van der Waals surface area contributed by atoms with E-state index in [1.54, 1.807) is 5.56 Å². The molecule has 1 aromatic carbocycles. The highest BCUT2D eigenvalue weighted by Crippen LogP contribution is 2.78. The molecular formula is C21H30N2. The van der Waals surface area contributed by atoms with E-state index in [0.29, 0.717) is 10.8 Å². The monoisotopic (exact) mass is 310 g/mol. The Morgan fingerprint density at radius 1 is 1.26 bits per heavy atom. The molecule has 0 aromatic heterocycles. The van der Waals surface area contributed by atoms with Crippen LogP contribution in [0, 0.1) is 17.3 Å². The number of hydrogen-bond acceptors (Lipinski definition) is 2. The lowest BCUT2D eigenvalue weighted by molar-refractivity contribution is 0.0574. The molecule has 2 nitrogen and oxygen atoms in total. The number of anilines is 1. The summed E-state index contributed by atoms with van der Waals surface area (Å²) < 4.78 is 0. The molecule has 2 heteroatoms. The number of rotatable bonds is 2. The Labute approximate surface area is 140 Å². The van der Waals surface area contributed by atoms with E-state index in [9.17, 15) is 0 Å². The molecule has 0 amide bonds. The SMILES string of the molecule is CCC[C@@]12C[C@@H](C)[C@]3(Nc4ccccc4[C@@]34CCN(C)[C@@H]14)[C@@H]2C. The summed E-state index contributed by atoms with van der Waals surface area (Å²) >= 11 is 0. The number of benzene rings is 1. The molecule has 5 rings (SSSR count). The normalized spacial score (nSPS) is 49.8. The first-order valence-corrected chi connectivity index (χ1v) is 9.62. The topological polar surface area (TPSA) is 15.3 Å². The molecule has 0 unspecified atom stereocenters. The second-order valence-electron chi connectivity index (χ2n) is 8.95. The minimum absolute atomic E-state index is 0.279. The largest absolute Gasteiger partial charge is 0.378 e. The molecule has 2 bridgehead atoms. The number of nitrogens with zero attached hydrogens (tertiary/aromatic N) is 1. The van der Waals surface area contributed by atoms with Crippen molar-refractivity contribution in [2.75, 3.05) is 18.9 Å². The van der Waals surface area contributed by atoms with Gasteiger partial charge in [0.2, 0.25) is 0 Å². The number of fused-ring (bicyclic) bond motifs is 3. The molecule has 2 saturated carbocycles. The summed E-state index contributed by atoms with van der Waals surface area (Å²) in [5.41, 5.74) is 4.18. The Balaban J connectivity index is 1.82. The van der Waals surface area contributed by atoms with Crippen LogP contribution in [-0.4, -0.2) is 30.1 Å². The summed E-state index contributed by atoms with van der Waals surface area (Å²) in [6.45, 7) is 8.75. The maximum atomic E-state index is 4.14. The summed E-state index contributed by atoms with van der Waals surface area (Å²) in [6.07, 6.45) is 5.44. The van der Waals surface area contributed by atoms with Crippen LogP contribution in [0.3, 0.4) is 0 Å². The number of likely N-dealkylation sites (N-methyl/N-ethyl adjacent to an activating group) is 1. The van der Waals surface area contributed by atoms with Crippen LogP contribution >= 0.6 is 0 Å². The predicted octanol–water partition coefficient (Wildman–Crippen LogP) is 4.27. The summed E-state index contributed by atoms with van der Waals surface area (Å²) in [6, 6.07) is 9.95. The summed E-state index contributed by atoms with van der Waals surface area (Å²) in [5, 5.41) is 4.14. The average Bonchev–Trinajstić information content (AvgIpc) is 3.15. The van der Waals surface area contributed by atoms with Gasteiger partial charge < -0.3 is 10.2 Å². The van der Waals surface area contributed by atoms with Crippen LogP contribution in [-0.2, 0) is 5.41 Å². The van der Waals surface area contributed by atoms with Crippen molar-refractivity contribution < 1.29 is 0 Å². The molecular weight excluding hydrogens is 280 g/mol. The standard InChI is InChI=1S/C21H30N2/c1-5-10-19-13-14(2)21(15(19)3)20(11-12-23(4)18(19)20)16-8-6-7-9-17(16)22-21/h6-9,14-15,18,22H,5,10-13H2,1-4H3/t14-,15-,18+,19+,20-,21+/m1/s1. The minimum Gasteiger partial charge on any atom is -0.378 e. The molecule has 0 radical (unpaired) electrons. The number of para-hydroxylation sites is 1. The Kier molecular flexibility index (Phi) is 2.58. The van der Waals surface area contributed by atoms with Gasteiger partial charge >= 0.3 is 0 Å². The summed E-state index contributed by atoms with van der Waals surface area (Å²) in [5.74, 6) is 1.52. The van der Waals surface area contributed by atoms with Crippen LogP contribution in [0.1, 0.15) is 52.0 Å². The molecule has 1 N–H and O–H groups in total. The van der Waals surface area contributed by atoms with Crippen molar-refractivity contribution in [3.8, 4) is 0 Å². The van der Waals surface area contributed by atoms with E-state index < -0.39 is 0 Å². The fourth-order valence-corrected chi connectivity index (χ4v) is 8.29. The Morgan fingerprint density at radius 2 is 2.04 bits per heavy atom. The van der Waals surface area contributed by atoms with Crippen molar-refractivity contribution in [3.63, 3.8) is 0 Å². The van der Waals surface area contributed by atoms with Gasteiger partial charge in [-0.3, -0.25) is 0 Å². The highest BCUT2D eigenvalue weighted by atomic mass is 15.3. The molecule has 1 aromatic rings. The number of hydrogen-bond donors (Lipinski definition) is 1. The second-order valence-corrected chi connectivity index (χ2v) is 8.95. The Bertz CT molecular complexity index is 670. The lowest BCUT2D eigenvalue weighted by atomic mass is 9.57. The first-order chi connectivity index (χ1) is 11.0. The van der Waals surface area contributed by atoms with Gasteiger partial charge in [-0.2, -0.15) is 0 Å². The lowest BCUT2D eigenvalue weighted by Gasteiger charge is -2.50. The van der Waals surface area contributed by atoms with Gasteiger partial charge in [-0.15, -0.1) is 0 Å². The Hall–Kier alpha value is -1.02. The molecule has 23 heavy (non-hydrogen) atoms. The maximum absolute atomic E-state index is 4.14. The van der Waals surface area contributed by atoms with Gasteiger partial charge in [-0.05, 0) is 61.7 Å². The quantitative estimate of drug-likeness (QED) is 0.877. The van der Waals surface area contributed by atoms with Gasteiger partial charge in [0, 0.05) is 17.1 Å². The van der Waals surface area contributed by atoms with E-state index in [-0.39, 0.29) is 5.54 Å². The fourth-order valence-electron chi connectivity index (χ4n) is 8.29. The van der Waals surface area contributed by atoms with Crippen molar-refractivity contribution in [2.24, 2.45) is 17.3 Å². The minimum atomic E-state index is 0.279. The third-order valence-corrected chi connectivity index (χ3v) is 8.52. The van der Waals surface area contributed by atoms with Crippen molar-refractivity contribution in [3.05, 3.63) is 29.8 Å². The van der Waals surface area contributed by atoms with Crippen LogP contribution in [0.15, 0.2) is 24.3 Å². The van der Waals surface area contributed by atoms with Gasteiger partial charge in [0.05, 0.1) is 5.54 Å². The zero-order valence-corrected chi connectivity index (χ0v) is 15.0. The van der Waals surface area contributed by atoms with Crippen molar-refractivity contribution >= 4 is 5.69 Å². The van der Waals surface area contributed by atoms with Crippen LogP contribution in [0.2, 0.25) is 0 Å². The first-order valence-electron chi connectivity index (χ1n) is 9.62. The van der Waals surface area contributed by atoms with Crippen molar-refractivity contribution in [2.45, 2.75) is 63.5 Å². The zero-order chi connectivity index (χ0) is 16.0. The highest BCUT2D eigenvalue weighted by Gasteiger charge is 2.83. The van der Waals surface area contributed by atoms with E-state index in [0.717, 1.165) is 17.9 Å². The van der Waals surface area contributed by atoms with E-state index in [4.69, 9.17) is 0 Å². The summed E-state index contributed by atoms with van der Waals surface area (Å²) in [4.78, 5) is 2.73. The van der Waals surface area contributed by atoms with Crippen LogP contribution in [0.5, 0.6) is 0 Å². The Morgan fingerprint density at radius 3 is 2.83 bits per heavy atom. The van der Waals surface area contributed by atoms with Crippen LogP contribution in [0.25, 0.3) is 0 Å². The van der Waals surface area contributed by atoms with Gasteiger partial charge in [0.1, 0.15) is 0 Å². The van der Waals surface area contributed by atoms with Gasteiger partial charge in [0.25, 0.3) is 0 Å². The molecule has 2 aliphatic heterocycles. The number of likely N-dealkylation sites (tertiary alicyclic amines) is 1. The van der Waals surface area contributed by atoms with Gasteiger partial charge in [-0.25, -0.2) is 0 Å². The predicted molar refractivity (Wildman–Crippen MR) is 95.8 cm³/mol. The van der Waals surface area contributed by atoms with Crippen molar-refractivity contribution in [1.82, 2.24) is 4.90 Å². The third kappa shape index (κ3) is 1.21. The van der Waals surface area contributed by atoms with E-state index in [2.05, 4.69) is 62.3 Å². The second kappa shape index (κ2) is 4.14. The van der Waals surface area contributed by atoms with E-state index in [1.165, 1.54) is 37.9 Å². The van der Waals surface area contributed by atoms with E-state index in [1.807, 2.05) is 0 Å². The van der Waals surface area contributed by atoms with Crippen LogP contribution < -0.4 is 5.32 Å². The molecule has 2 heterocycles.